The van der Waals surface area contributed by atoms with Crippen molar-refractivity contribution >= 4 is 5.90 Å². The molecule has 2 aliphatic rings. The zero-order valence-electron chi connectivity index (χ0n) is 18.0. The van der Waals surface area contributed by atoms with Gasteiger partial charge in [0.2, 0.25) is 6.35 Å². The molecule has 0 fully saturated rings. The second-order valence-electron chi connectivity index (χ2n) is 7.86. The third-order valence-corrected chi connectivity index (χ3v) is 5.69. The first kappa shape index (κ1) is 23.3. The molecule has 0 saturated carbocycles. The summed E-state index contributed by atoms with van der Waals surface area (Å²) in [4.78, 5) is 4.24. The van der Waals surface area contributed by atoms with Gasteiger partial charge in [-0.25, -0.2) is 4.99 Å². The molecule has 162 valence electrons. The van der Waals surface area contributed by atoms with Crippen LogP contribution in [0, 0.1) is 5.92 Å². The van der Waals surface area contributed by atoms with Gasteiger partial charge in [-0.05, 0) is 38.0 Å². The second-order valence-corrected chi connectivity index (χ2v) is 7.86. The second kappa shape index (κ2) is 13.3. The Labute approximate surface area is 170 Å². The van der Waals surface area contributed by atoms with Gasteiger partial charge in [0.1, 0.15) is 0 Å². The number of aliphatic imine (C=N–C) groups is 1. The molecule has 2 N–H and O–H groups in total. The fraction of sp³-hybridized carbons (Fsp3) is 0.864. The van der Waals surface area contributed by atoms with Crippen LogP contribution in [0.4, 0.5) is 0 Å². The number of aliphatic hydroxyl groups is 1. The van der Waals surface area contributed by atoms with Crippen molar-refractivity contribution in [1.82, 2.24) is 5.32 Å². The minimum Gasteiger partial charge on any atom is -0.481 e. The Balaban J connectivity index is 1.79. The maximum atomic E-state index is 10.2. The van der Waals surface area contributed by atoms with E-state index >= 15 is 0 Å². The predicted octanol–water partition coefficient (Wildman–Crippen LogP) is 3.79. The summed E-state index contributed by atoms with van der Waals surface area (Å²) in [5.74, 6) is 1.49. The van der Waals surface area contributed by atoms with Gasteiger partial charge in [-0.1, -0.05) is 37.8 Å². The van der Waals surface area contributed by atoms with E-state index in [0.29, 0.717) is 25.7 Å². The van der Waals surface area contributed by atoms with Gasteiger partial charge in [-0.15, -0.1) is 0 Å². The summed E-state index contributed by atoms with van der Waals surface area (Å²) >= 11 is 0. The highest BCUT2D eigenvalue weighted by molar-refractivity contribution is 5.78. The summed E-state index contributed by atoms with van der Waals surface area (Å²) in [7, 11) is 1.70. The third-order valence-electron chi connectivity index (χ3n) is 5.69. The molecule has 0 aromatic carbocycles. The molecule has 0 amide bonds. The Morgan fingerprint density at radius 3 is 2.61 bits per heavy atom. The van der Waals surface area contributed by atoms with E-state index in [1.165, 1.54) is 31.3 Å². The SMILES string of the molecule is CCCC1CCC(C2CC(OCCCOCCCOC)=N[C@@H](O)N2)=C(CC)C1. The highest BCUT2D eigenvalue weighted by Crippen LogP contribution is 2.36. The first-order valence-corrected chi connectivity index (χ1v) is 11.1. The minimum atomic E-state index is -0.877. The van der Waals surface area contributed by atoms with Crippen LogP contribution in [-0.4, -0.2) is 56.9 Å². The molecule has 6 nitrogen and oxygen atoms in total. The summed E-state index contributed by atoms with van der Waals surface area (Å²) in [5, 5.41) is 13.4. The molecule has 2 rings (SSSR count). The van der Waals surface area contributed by atoms with E-state index in [1.54, 1.807) is 12.7 Å². The number of ether oxygens (including phenoxy) is 3. The molecule has 0 aromatic rings. The Hall–Kier alpha value is -0.950. The van der Waals surface area contributed by atoms with E-state index < -0.39 is 6.35 Å². The molecule has 2 unspecified atom stereocenters. The molecule has 0 saturated heterocycles. The molecular weight excluding hydrogens is 356 g/mol. The van der Waals surface area contributed by atoms with Crippen molar-refractivity contribution in [2.75, 3.05) is 33.5 Å². The maximum absolute atomic E-state index is 10.2. The largest absolute Gasteiger partial charge is 0.481 e. The van der Waals surface area contributed by atoms with Crippen LogP contribution in [0.2, 0.25) is 0 Å². The monoisotopic (exact) mass is 396 g/mol. The lowest BCUT2D eigenvalue weighted by Crippen LogP contribution is -2.45. The van der Waals surface area contributed by atoms with Gasteiger partial charge >= 0.3 is 0 Å². The summed E-state index contributed by atoms with van der Waals surface area (Å²) in [6.07, 6.45) is 8.86. The highest BCUT2D eigenvalue weighted by Gasteiger charge is 2.30. The lowest BCUT2D eigenvalue weighted by molar-refractivity contribution is 0.0896. The average molecular weight is 397 g/mol. The first-order valence-electron chi connectivity index (χ1n) is 11.1. The smallest absolute Gasteiger partial charge is 0.205 e. The summed E-state index contributed by atoms with van der Waals surface area (Å²) in [5.41, 5.74) is 3.05. The Morgan fingerprint density at radius 1 is 1.11 bits per heavy atom. The van der Waals surface area contributed by atoms with Crippen LogP contribution >= 0.6 is 0 Å². The lowest BCUT2D eigenvalue weighted by atomic mass is 9.78. The first-order chi connectivity index (χ1) is 13.7. The number of allylic oxidation sites excluding steroid dienone is 1. The van der Waals surface area contributed by atoms with Gasteiger partial charge in [0.25, 0.3) is 0 Å². The normalized spacial score (nSPS) is 25.7. The fourth-order valence-corrected chi connectivity index (χ4v) is 4.28. The predicted molar refractivity (Wildman–Crippen MR) is 112 cm³/mol. The van der Waals surface area contributed by atoms with Crippen molar-refractivity contribution in [2.45, 2.75) is 84.0 Å². The molecule has 1 aliphatic heterocycles. The number of methoxy groups -OCH3 is 1. The molecule has 1 heterocycles. The van der Waals surface area contributed by atoms with E-state index in [2.05, 4.69) is 24.2 Å². The molecule has 28 heavy (non-hydrogen) atoms. The number of rotatable bonds is 12. The number of nitrogens with zero attached hydrogens (tertiary/aromatic N) is 1. The zero-order valence-corrected chi connectivity index (χ0v) is 18.0. The van der Waals surface area contributed by atoms with Crippen LogP contribution in [0.1, 0.15) is 71.6 Å². The lowest BCUT2D eigenvalue weighted by Gasteiger charge is -2.34. The molecule has 6 heteroatoms. The van der Waals surface area contributed by atoms with Gasteiger partial charge < -0.3 is 19.3 Å². The summed E-state index contributed by atoms with van der Waals surface area (Å²) < 4.78 is 16.4. The van der Waals surface area contributed by atoms with E-state index in [0.717, 1.165) is 44.6 Å². The topological polar surface area (TPSA) is 72.3 Å². The number of hydrogen-bond donors (Lipinski definition) is 2. The van der Waals surface area contributed by atoms with E-state index in [4.69, 9.17) is 14.2 Å². The van der Waals surface area contributed by atoms with Crippen LogP contribution in [0.3, 0.4) is 0 Å². The van der Waals surface area contributed by atoms with Crippen molar-refractivity contribution < 1.29 is 19.3 Å². The van der Waals surface area contributed by atoms with Crippen molar-refractivity contribution in [3.63, 3.8) is 0 Å². The van der Waals surface area contributed by atoms with Crippen molar-refractivity contribution in [2.24, 2.45) is 10.9 Å². The van der Waals surface area contributed by atoms with E-state index in [1.807, 2.05) is 0 Å². The summed E-state index contributed by atoms with van der Waals surface area (Å²) in [6.45, 7) is 7.21. The van der Waals surface area contributed by atoms with E-state index in [9.17, 15) is 5.11 Å². The number of hydrogen-bond acceptors (Lipinski definition) is 6. The Morgan fingerprint density at radius 2 is 1.89 bits per heavy atom. The summed E-state index contributed by atoms with van der Waals surface area (Å²) in [6, 6.07) is 0.144. The Bertz CT molecular complexity index is 507. The molecule has 0 bridgehead atoms. The maximum Gasteiger partial charge on any atom is 0.205 e. The zero-order chi connectivity index (χ0) is 20.2. The molecule has 1 aliphatic carbocycles. The molecule has 0 radical (unpaired) electrons. The third kappa shape index (κ3) is 7.82. The van der Waals surface area contributed by atoms with Crippen LogP contribution in [-0.2, 0) is 14.2 Å². The van der Waals surface area contributed by atoms with Gasteiger partial charge in [0.05, 0.1) is 6.61 Å². The standard InChI is InChI=1S/C22H40N2O4/c1-4-8-17-9-10-19(18(5-2)15-17)20-16-21(24-22(25)23-20)28-14-7-13-27-12-6-11-26-3/h17,20,22-23,25H,4-16H2,1-3H3/t17?,20?,22-/m0/s1. The molecule has 0 spiro atoms. The molecule has 0 aromatic heterocycles. The van der Waals surface area contributed by atoms with Crippen LogP contribution in [0.15, 0.2) is 16.1 Å². The minimum absolute atomic E-state index is 0.144. The Kier molecular flexibility index (Phi) is 11.1. The van der Waals surface area contributed by atoms with Crippen molar-refractivity contribution in [1.29, 1.82) is 0 Å². The number of aliphatic hydroxyl groups excluding tert-OH is 1. The van der Waals surface area contributed by atoms with Gasteiger partial charge in [-0.3, -0.25) is 5.32 Å². The molecular formula is C22H40N2O4. The van der Waals surface area contributed by atoms with E-state index in [-0.39, 0.29) is 6.04 Å². The highest BCUT2D eigenvalue weighted by atomic mass is 16.5. The van der Waals surface area contributed by atoms with Gasteiger partial charge in [-0.2, -0.15) is 0 Å². The average Bonchev–Trinajstić information content (AvgIpc) is 2.69. The van der Waals surface area contributed by atoms with Crippen LogP contribution in [0.5, 0.6) is 0 Å². The fourth-order valence-electron chi connectivity index (χ4n) is 4.28. The van der Waals surface area contributed by atoms with Crippen molar-refractivity contribution in [3.8, 4) is 0 Å². The van der Waals surface area contributed by atoms with Gasteiger partial charge in [0, 0.05) is 45.8 Å². The van der Waals surface area contributed by atoms with Gasteiger partial charge in [0.15, 0.2) is 5.90 Å². The van der Waals surface area contributed by atoms with Crippen LogP contribution in [0.25, 0.3) is 0 Å². The van der Waals surface area contributed by atoms with Crippen molar-refractivity contribution in [3.05, 3.63) is 11.1 Å². The van der Waals surface area contributed by atoms with Crippen LogP contribution < -0.4 is 5.32 Å². The molecule has 3 atom stereocenters. The number of nitrogens with one attached hydrogen (secondary N) is 1. The quantitative estimate of drug-likeness (QED) is 0.388.